The van der Waals surface area contributed by atoms with Crippen LogP contribution in [0.2, 0.25) is 0 Å². The molecule has 1 aliphatic rings. The molecule has 8 nitrogen and oxygen atoms in total. The van der Waals surface area contributed by atoms with Crippen molar-refractivity contribution in [1.82, 2.24) is 29.8 Å². The summed E-state index contributed by atoms with van der Waals surface area (Å²) in [6.07, 6.45) is 15.6. The monoisotopic (exact) mass is 389 g/mol. The third-order valence-electron chi connectivity index (χ3n) is 5.17. The molecule has 0 bridgehead atoms. The van der Waals surface area contributed by atoms with E-state index >= 15 is 0 Å². The van der Waals surface area contributed by atoms with Crippen molar-refractivity contribution in [3.63, 3.8) is 0 Å². The maximum atomic E-state index is 12.5. The Labute approximate surface area is 169 Å². The molecule has 0 saturated carbocycles. The molecule has 1 amide bonds. The molecular formula is C21H23N7O. The van der Waals surface area contributed by atoms with Crippen molar-refractivity contribution in [3.8, 4) is 0 Å². The van der Waals surface area contributed by atoms with Gasteiger partial charge in [-0.05, 0) is 49.3 Å². The summed E-state index contributed by atoms with van der Waals surface area (Å²) in [7, 11) is 0. The fourth-order valence-electron chi connectivity index (χ4n) is 3.56. The number of aryl methyl sites for hydroxylation is 1. The quantitative estimate of drug-likeness (QED) is 0.692. The average molecular weight is 389 g/mol. The summed E-state index contributed by atoms with van der Waals surface area (Å²) < 4.78 is 0. The van der Waals surface area contributed by atoms with Gasteiger partial charge >= 0.3 is 0 Å². The number of pyridine rings is 1. The lowest BCUT2D eigenvalue weighted by molar-refractivity contribution is 0.0680. The van der Waals surface area contributed by atoms with E-state index in [1.807, 2.05) is 11.1 Å². The van der Waals surface area contributed by atoms with Crippen LogP contribution in [0.4, 0.5) is 11.6 Å². The second-order valence-electron chi connectivity index (χ2n) is 7.13. The predicted octanol–water partition coefficient (Wildman–Crippen LogP) is 2.89. The van der Waals surface area contributed by atoms with Crippen LogP contribution in [-0.2, 0) is 6.42 Å². The second-order valence-corrected chi connectivity index (χ2v) is 7.13. The van der Waals surface area contributed by atoms with Gasteiger partial charge in [-0.2, -0.15) is 0 Å². The molecule has 0 unspecified atom stereocenters. The van der Waals surface area contributed by atoms with Gasteiger partial charge < -0.3 is 10.2 Å². The fraction of sp³-hybridized carbons (Fsp3) is 0.333. The molecule has 0 aliphatic carbocycles. The van der Waals surface area contributed by atoms with Gasteiger partial charge in [0.2, 0.25) is 0 Å². The molecule has 8 heteroatoms. The molecule has 0 aromatic carbocycles. The third kappa shape index (κ3) is 5.10. The summed E-state index contributed by atoms with van der Waals surface area (Å²) in [5, 5.41) is 3.18. The molecule has 4 rings (SSSR count). The third-order valence-corrected chi connectivity index (χ3v) is 5.17. The van der Waals surface area contributed by atoms with Crippen molar-refractivity contribution in [1.29, 1.82) is 0 Å². The standard InChI is InChI=1S/C21H23N7O/c29-21(18-14-22-7-9-24-18)28-11-4-16(5-12-28)1-2-17-3-6-25-19(13-17)27-20-15-23-8-10-26-20/h3,6-10,13-16H,1-2,4-5,11-12H2,(H,25,26,27). The average Bonchev–Trinajstić information content (AvgIpc) is 2.79. The number of amides is 1. The number of nitrogens with zero attached hydrogens (tertiary/aromatic N) is 6. The first kappa shape index (κ1) is 18.9. The first-order valence-corrected chi connectivity index (χ1v) is 9.81. The summed E-state index contributed by atoms with van der Waals surface area (Å²) in [6.45, 7) is 1.55. The van der Waals surface area contributed by atoms with E-state index in [1.54, 1.807) is 31.0 Å². The number of nitrogens with one attached hydrogen (secondary N) is 1. The Morgan fingerprint density at radius 1 is 0.966 bits per heavy atom. The Bertz CT molecular complexity index is 928. The Kier molecular flexibility index (Phi) is 5.99. The summed E-state index contributed by atoms with van der Waals surface area (Å²) >= 11 is 0. The van der Waals surface area contributed by atoms with E-state index in [9.17, 15) is 4.79 Å². The predicted molar refractivity (Wildman–Crippen MR) is 109 cm³/mol. The molecule has 29 heavy (non-hydrogen) atoms. The lowest BCUT2D eigenvalue weighted by atomic mass is 9.90. The van der Waals surface area contributed by atoms with Crippen LogP contribution in [0.15, 0.2) is 55.5 Å². The van der Waals surface area contributed by atoms with Crippen LogP contribution in [-0.4, -0.2) is 48.8 Å². The fourth-order valence-corrected chi connectivity index (χ4v) is 3.56. The number of aromatic nitrogens is 5. The summed E-state index contributed by atoms with van der Waals surface area (Å²) in [5.74, 6) is 2.04. The zero-order valence-corrected chi connectivity index (χ0v) is 16.1. The second kappa shape index (κ2) is 9.18. The molecule has 1 saturated heterocycles. The Morgan fingerprint density at radius 3 is 2.45 bits per heavy atom. The van der Waals surface area contributed by atoms with E-state index in [-0.39, 0.29) is 5.91 Å². The lowest BCUT2D eigenvalue weighted by Gasteiger charge is -2.31. The molecule has 4 heterocycles. The van der Waals surface area contributed by atoms with Crippen LogP contribution in [0.1, 0.15) is 35.3 Å². The first-order chi connectivity index (χ1) is 14.3. The number of carbonyl (C=O) groups is 1. The van der Waals surface area contributed by atoms with Crippen LogP contribution in [0.3, 0.4) is 0 Å². The molecule has 1 aliphatic heterocycles. The Morgan fingerprint density at radius 2 is 1.72 bits per heavy atom. The zero-order valence-electron chi connectivity index (χ0n) is 16.1. The highest BCUT2D eigenvalue weighted by Crippen LogP contribution is 2.24. The van der Waals surface area contributed by atoms with E-state index in [1.165, 1.54) is 11.8 Å². The van der Waals surface area contributed by atoms with Crippen LogP contribution < -0.4 is 5.32 Å². The molecule has 1 N–H and O–H groups in total. The van der Waals surface area contributed by atoms with Crippen LogP contribution in [0.5, 0.6) is 0 Å². The lowest BCUT2D eigenvalue weighted by Crippen LogP contribution is -2.39. The summed E-state index contributed by atoms with van der Waals surface area (Å²) in [4.78, 5) is 35.1. The number of piperidine rings is 1. The largest absolute Gasteiger partial charge is 0.337 e. The molecule has 3 aromatic heterocycles. The molecule has 148 valence electrons. The Balaban J connectivity index is 1.26. The minimum absolute atomic E-state index is 0.0228. The van der Waals surface area contributed by atoms with Gasteiger partial charge in [-0.15, -0.1) is 0 Å². The normalized spacial score (nSPS) is 14.6. The van der Waals surface area contributed by atoms with Gasteiger partial charge in [0.25, 0.3) is 5.91 Å². The van der Waals surface area contributed by atoms with Crippen LogP contribution >= 0.6 is 0 Å². The smallest absolute Gasteiger partial charge is 0.274 e. The number of anilines is 2. The van der Waals surface area contributed by atoms with E-state index in [0.29, 0.717) is 17.4 Å². The first-order valence-electron chi connectivity index (χ1n) is 9.81. The number of likely N-dealkylation sites (tertiary alicyclic amines) is 1. The maximum Gasteiger partial charge on any atom is 0.274 e. The molecule has 0 atom stereocenters. The van der Waals surface area contributed by atoms with Crippen molar-refractivity contribution in [2.24, 2.45) is 5.92 Å². The van der Waals surface area contributed by atoms with E-state index in [4.69, 9.17) is 0 Å². The highest BCUT2D eigenvalue weighted by Gasteiger charge is 2.24. The van der Waals surface area contributed by atoms with Crippen molar-refractivity contribution in [2.75, 3.05) is 18.4 Å². The van der Waals surface area contributed by atoms with E-state index < -0.39 is 0 Å². The molecule has 3 aromatic rings. The molecule has 0 spiro atoms. The zero-order chi connectivity index (χ0) is 19.9. The van der Waals surface area contributed by atoms with E-state index in [2.05, 4.69) is 42.4 Å². The summed E-state index contributed by atoms with van der Waals surface area (Å²) in [5.41, 5.74) is 1.66. The van der Waals surface area contributed by atoms with Gasteiger partial charge in [-0.1, -0.05) is 0 Å². The number of hydrogen-bond donors (Lipinski definition) is 1. The van der Waals surface area contributed by atoms with Gasteiger partial charge in [0.1, 0.15) is 17.3 Å². The van der Waals surface area contributed by atoms with Crippen molar-refractivity contribution >= 4 is 17.5 Å². The van der Waals surface area contributed by atoms with Crippen molar-refractivity contribution in [3.05, 3.63) is 66.8 Å². The number of rotatable bonds is 6. The highest BCUT2D eigenvalue weighted by atomic mass is 16.2. The van der Waals surface area contributed by atoms with Gasteiger partial charge in [-0.25, -0.2) is 15.0 Å². The summed E-state index contributed by atoms with van der Waals surface area (Å²) in [6, 6.07) is 4.11. The molecule has 0 radical (unpaired) electrons. The number of hydrogen-bond acceptors (Lipinski definition) is 7. The maximum absolute atomic E-state index is 12.5. The van der Waals surface area contributed by atoms with Crippen molar-refractivity contribution < 1.29 is 4.79 Å². The van der Waals surface area contributed by atoms with Crippen molar-refractivity contribution in [2.45, 2.75) is 25.7 Å². The topological polar surface area (TPSA) is 96.8 Å². The minimum Gasteiger partial charge on any atom is -0.337 e. The van der Waals surface area contributed by atoms with Gasteiger partial charge in [0.15, 0.2) is 0 Å². The molecular weight excluding hydrogens is 366 g/mol. The van der Waals surface area contributed by atoms with Gasteiger partial charge in [0, 0.05) is 44.1 Å². The van der Waals surface area contributed by atoms with Crippen LogP contribution in [0.25, 0.3) is 0 Å². The van der Waals surface area contributed by atoms with Crippen LogP contribution in [0, 0.1) is 5.92 Å². The van der Waals surface area contributed by atoms with Gasteiger partial charge in [0.05, 0.1) is 12.4 Å². The van der Waals surface area contributed by atoms with E-state index in [0.717, 1.165) is 44.6 Å². The molecule has 1 fully saturated rings. The number of carbonyl (C=O) groups excluding carboxylic acids is 1. The minimum atomic E-state index is -0.0228. The Hall–Kier alpha value is -3.42. The SMILES string of the molecule is O=C(c1cnccn1)N1CCC(CCc2ccnc(Nc3cnccn3)c2)CC1. The highest BCUT2D eigenvalue weighted by molar-refractivity contribution is 5.92. The van der Waals surface area contributed by atoms with Gasteiger partial charge in [-0.3, -0.25) is 14.8 Å².